The van der Waals surface area contributed by atoms with E-state index in [0.29, 0.717) is 43.9 Å². The van der Waals surface area contributed by atoms with Crippen molar-refractivity contribution in [2.45, 2.75) is 50.1 Å². The van der Waals surface area contributed by atoms with Gasteiger partial charge in [0.2, 0.25) is 0 Å². The second kappa shape index (κ2) is 5.84. The lowest BCUT2D eigenvalue weighted by Crippen LogP contribution is -2.46. The average molecular weight is 353 g/mol. The van der Waals surface area contributed by atoms with Crippen LogP contribution in [0, 0.1) is 0 Å². The summed E-state index contributed by atoms with van der Waals surface area (Å²) in [5.41, 5.74) is 2.78. The molecule has 1 aromatic carbocycles. The molecule has 5 rings (SSSR count). The Morgan fingerprint density at radius 3 is 2.69 bits per heavy atom. The summed E-state index contributed by atoms with van der Waals surface area (Å²) in [6.07, 6.45) is 5.03. The summed E-state index contributed by atoms with van der Waals surface area (Å²) >= 11 is 0. The minimum absolute atomic E-state index is 0.0617. The van der Waals surface area contributed by atoms with Crippen LogP contribution in [-0.4, -0.2) is 22.8 Å². The zero-order chi connectivity index (χ0) is 17.7. The Morgan fingerprint density at radius 2 is 1.85 bits per heavy atom. The van der Waals surface area contributed by atoms with Gasteiger partial charge in [0.15, 0.2) is 0 Å². The molecular formula is C20H23N3O3. The second-order valence-corrected chi connectivity index (χ2v) is 7.67. The normalized spacial score (nSPS) is 24.9. The standard InChI is InChI=1S/C20H23N3O3/c24-18-15-6-10-20(9-5-13-3-1-2-4-16(13)20)22-17(15)21-19(25)23(18)14-7-11-26-12-8-14/h1-4,14,22H,5-12H2,(H,21,25)/t20-/m0/s1. The number of fused-ring (bicyclic) bond motifs is 3. The van der Waals surface area contributed by atoms with Crippen LogP contribution in [0.1, 0.15) is 48.4 Å². The fourth-order valence-electron chi connectivity index (χ4n) is 4.92. The Hall–Kier alpha value is -2.34. The van der Waals surface area contributed by atoms with Gasteiger partial charge in [-0.05, 0) is 49.7 Å². The van der Waals surface area contributed by atoms with Crippen LogP contribution in [0.3, 0.4) is 0 Å². The van der Waals surface area contributed by atoms with E-state index in [1.807, 2.05) is 0 Å². The van der Waals surface area contributed by atoms with E-state index in [1.165, 1.54) is 15.7 Å². The van der Waals surface area contributed by atoms with Crippen molar-refractivity contribution in [2.75, 3.05) is 18.5 Å². The highest BCUT2D eigenvalue weighted by Gasteiger charge is 2.42. The maximum Gasteiger partial charge on any atom is 0.330 e. The lowest BCUT2D eigenvalue weighted by atomic mass is 9.83. The smallest absolute Gasteiger partial charge is 0.330 e. The fourth-order valence-corrected chi connectivity index (χ4v) is 4.92. The molecule has 1 aliphatic carbocycles. The van der Waals surface area contributed by atoms with Crippen LogP contribution in [0.15, 0.2) is 33.9 Å². The molecule has 2 aliphatic heterocycles. The summed E-state index contributed by atoms with van der Waals surface area (Å²) < 4.78 is 6.79. The van der Waals surface area contributed by atoms with Gasteiger partial charge in [-0.25, -0.2) is 4.79 Å². The Kier molecular flexibility index (Phi) is 3.57. The number of benzene rings is 1. The molecule has 1 atom stereocenters. The van der Waals surface area contributed by atoms with Gasteiger partial charge in [0, 0.05) is 19.3 Å². The minimum Gasteiger partial charge on any atom is -0.381 e. The second-order valence-electron chi connectivity index (χ2n) is 7.67. The summed E-state index contributed by atoms with van der Waals surface area (Å²) in [4.78, 5) is 28.7. The zero-order valence-electron chi connectivity index (χ0n) is 14.7. The van der Waals surface area contributed by atoms with Crippen LogP contribution < -0.4 is 16.6 Å². The molecule has 26 heavy (non-hydrogen) atoms. The first-order chi connectivity index (χ1) is 12.7. The maximum absolute atomic E-state index is 13.0. The molecular weight excluding hydrogens is 330 g/mol. The lowest BCUT2D eigenvalue weighted by molar-refractivity contribution is 0.0673. The van der Waals surface area contributed by atoms with Crippen molar-refractivity contribution in [3.63, 3.8) is 0 Å². The van der Waals surface area contributed by atoms with Crippen molar-refractivity contribution in [1.29, 1.82) is 0 Å². The molecule has 0 radical (unpaired) electrons. The number of aromatic nitrogens is 2. The fraction of sp³-hybridized carbons (Fsp3) is 0.500. The first-order valence-electron chi connectivity index (χ1n) is 9.50. The first kappa shape index (κ1) is 15.9. The van der Waals surface area contributed by atoms with Gasteiger partial charge in [-0.1, -0.05) is 24.3 Å². The molecule has 0 saturated carbocycles. The Morgan fingerprint density at radius 1 is 1.08 bits per heavy atom. The molecule has 3 heterocycles. The largest absolute Gasteiger partial charge is 0.381 e. The molecule has 1 aromatic heterocycles. The predicted molar refractivity (Wildman–Crippen MR) is 98.8 cm³/mol. The number of aryl methyl sites for hydroxylation is 1. The number of aromatic amines is 1. The van der Waals surface area contributed by atoms with Gasteiger partial charge in [0.25, 0.3) is 5.56 Å². The number of H-pyrrole nitrogens is 1. The molecule has 6 heteroatoms. The van der Waals surface area contributed by atoms with Crippen LogP contribution in [0.2, 0.25) is 0 Å². The Labute approximate surface area is 151 Å². The number of nitrogens with zero attached hydrogens (tertiary/aromatic N) is 1. The third-order valence-electron chi connectivity index (χ3n) is 6.31. The van der Waals surface area contributed by atoms with Gasteiger partial charge in [0.05, 0.1) is 11.1 Å². The van der Waals surface area contributed by atoms with Crippen LogP contribution in [0.5, 0.6) is 0 Å². The van der Waals surface area contributed by atoms with Crippen LogP contribution in [0.25, 0.3) is 0 Å². The topological polar surface area (TPSA) is 76.1 Å². The summed E-state index contributed by atoms with van der Waals surface area (Å²) in [6, 6.07) is 8.42. The van der Waals surface area contributed by atoms with Crippen molar-refractivity contribution in [2.24, 2.45) is 0 Å². The monoisotopic (exact) mass is 353 g/mol. The summed E-state index contributed by atoms with van der Waals surface area (Å²) in [5, 5.41) is 3.55. The van der Waals surface area contributed by atoms with Gasteiger partial charge in [-0.15, -0.1) is 0 Å². The summed E-state index contributed by atoms with van der Waals surface area (Å²) in [7, 11) is 0. The van der Waals surface area contributed by atoms with Gasteiger partial charge in [-0.2, -0.15) is 0 Å². The van der Waals surface area contributed by atoms with Crippen molar-refractivity contribution in [3.8, 4) is 0 Å². The minimum atomic E-state index is -0.309. The first-order valence-corrected chi connectivity index (χ1v) is 9.50. The summed E-state index contributed by atoms with van der Waals surface area (Å²) in [6.45, 7) is 1.21. The molecule has 1 spiro atoms. The molecule has 1 saturated heterocycles. The van der Waals surface area contributed by atoms with E-state index in [1.54, 1.807) is 0 Å². The molecule has 3 aliphatic rings. The summed E-state index contributed by atoms with van der Waals surface area (Å²) in [5.74, 6) is 0.617. The van der Waals surface area contributed by atoms with Crippen LogP contribution >= 0.6 is 0 Å². The predicted octanol–water partition coefficient (Wildman–Crippen LogP) is 2.09. The third-order valence-corrected chi connectivity index (χ3v) is 6.31. The number of ether oxygens (including phenoxy) is 1. The molecule has 2 N–H and O–H groups in total. The van der Waals surface area contributed by atoms with Gasteiger partial charge >= 0.3 is 5.69 Å². The SMILES string of the molecule is O=c1[nH]c2c(c(=O)n1C1CCOCC1)CC[C@]1(CCc3ccccc31)N2. The molecule has 0 bridgehead atoms. The number of hydrogen-bond donors (Lipinski definition) is 2. The van der Waals surface area contributed by atoms with E-state index in [0.717, 1.165) is 19.3 Å². The molecule has 6 nitrogen and oxygen atoms in total. The number of nitrogens with one attached hydrogen (secondary N) is 2. The molecule has 136 valence electrons. The van der Waals surface area contributed by atoms with Crippen LogP contribution in [-0.2, 0) is 23.1 Å². The highest BCUT2D eigenvalue weighted by atomic mass is 16.5. The molecule has 1 fully saturated rings. The number of anilines is 1. The molecule has 0 amide bonds. The molecule has 0 unspecified atom stereocenters. The highest BCUT2D eigenvalue weighted by Crippen LogP contribution is 2.45. The number of hydrogen-bond acceptors (Lipinski definition) is 4. The molecule has 2 aromatic rings. The van der Waals surface area contributed by atoms with Crippen molar-refractivity contribution in [1.82, 2.24) is 9.55 Å². The lowest BCUT2D eigenvalue weighted by Gasteiger charge is -2.37. The maximum atomic E-state index is 13.0. The van der Waals surface area contributed by atoms with Gasteiger partial charge in [0.1, 0.15) is 5.82 Å². The van der Waals surface area contributed by atoms with E-state index in [9.17, 15) is 9.59 Å². The van der Waals surface area contributed by atoms with E-state index < -0.39 is 0 Å². The van der Waals surface area contributed by atoms with Crippen molar-refractivity contribution in [3.05, 3.63) is 61.8 Å². The van der Waals surface area contributed by atoms with Gasteiger partial charge < -0.3 is 10.1 Å². The van der Waals surface area contributed by atoms with E-state index >= 15 is 0 Å². The highest BCUT2D eigenvalue weighted by molar-refractivity contribution is 5.54. The van der Waals surface area contributed by atoms with Crippen molar-refractivity contribution >= 4 is 5.82 Å². The third kappa shape index (κ3) is 2.28. The number of rotatable bonds is 1. The quantitative estimate of drug-likeness (QED) is 0.823. The van der Waals surface area contributed by atoms with Crippen LogP contribution in [0.4, 0.5) is 5.82 Å². The Bertz CT molecular complexity index is 971. The average Bonchev–Trinajstić information content (AvgIpc) is 3.01. The zero-order valence-corrected chi connectivity index (χ0v) is 14.7. The van der Waals surface area contributed by atoms with Gasteiger partial charge in [-0.3, -0.25) is 14.3 Å². The van der Waals surface area contributed by atoms with E-state index in [4.69, 9.17) is 4.74 Å². The van der Waals surface area contributed by atoms with E-state index in [-0.39, 0.29) is 22.8 Å². The van der Waals surface area contributed by atoms with E-state index in [2.05, 4.69) is 34.6 Å². The van der Waals surface area contributed by atoms with Crippen molar-refractivity contribution < 1.29 is 4.74 Å². The Balaban J connectivity index is 1.56.